The molecule has 0 aliphatic carbocycles. The maximum absolute atomic E-state index is 12.5. The van der Waals surface area contributed by atoms with Gasteiger partial charge in [-0.3, -0.25) is 15.0 Å². The van der Waals surface area contributed by atoms with Crippen LogP contribution in [0.4, 0.5) is 5.69 Å². The molecule has 0 radical (unpaired) electrons. The topological polar surface area (TPSA) is 69.6 Å². The van der Waals surface area contributed by atoms with E-state index in [-0.39, 0.29) is 11.3 Å². The molecule has 0 bridgehead atoms. The van der Waals surface area contributed by atoms with Gasteiger partial charge in [0.15, 0.2) is 0 Å². The van der Waals surface area contributed by atoms with Gasteiger partial charge in [-0.2, -0.15) is 0 Å². The van der Waals surface area contributed by atoms with E-state index in [1.54, 1.807) is 36.4 Å². The molecule has 7 heteroatoms. The summed E-state index contributed by atoms with van der Waals surface area (Å²) in [5, 5.41) is 10.9. The van der Waals surface area contributed by atoms with Gasteiger partial charge in [0.1, 0.15) is 11.3 Å². The van der Waals surface area contributed by atoms with Gasteiger partial charge < -0.3 is 5.11 Å². The van der Waals surface area contributed by atoms with Gasteiger partial charge in [0.05, 0.1) is 14.6 Å². The summed E-state index contributed by atoms with van der Waals surface area (Å²) in [6.07, 6.45) is 1.48. The Balaban J connectivity index is 1.97. The van der Waals surface area contributed by atoms with E-state index in [1.807, 2.05) is 6.07 Å². The monoisotopic (exact) mass is 436 g/mol. The van der Waals surface area contributed by atoms with Crippen molar-refractivity contribution in [3.05, 3.63) is 62.5 Å². The summed E-state index contributed by atoms with van der Waals surface area (Å²) in [5.74, 6) is -0.846. The smallest absolute Gasteiger partial charge is 0.282 e. The third-order valence-electron chi connectivity index (χ3n) is 3.26. The van der Waals surface area contributed by atoms with Crippen LogP contribution < -0.4 is 10.4 Å². The highest BCUT2D eigenvalue weighted by Gasteiger charge is 2.34. The van der Waals surface area contributed by atoms with Gasteiger partial charge >= 0.3 is 0 Å². The number of anilines is 1. The summed E-state index contributed by atoms with van der Waals surface area (Å²) in [4.78, 5) is 24.6. The predicted molar refractivity (Wildman–Crippen MR) is 93.6 cm³/mol. The molecule has 0 saturated carbocycles. The van der Waals surface area contributed by atoms with Crippen molar-refractivity contribution in [3.8, 4) is 5.75 Å². The number of nitrogens with one attached hydrogen (secondary N) is 1. The molecule has 116 valence electrons. The number of hydrogen-bond donors (Lipinski definition) is 2. The summed E-state index contributed by atoms with van der Waals surface area (Å²) in [6, 6.07) is 12.1. The molecule has 1 heterocycles. The van der Waals surface area contributed by atoms with E-state index in [9.17, 15) is 14.7 Å². The van der Waals surface area contributed by atoms with E-state index in [4.69, 9.17) is 0 Å². The average molecular weight is 438 g/mol. The lowest BCUT2D eigenvalue weighted by atomic mass is 10.1. The van der Waals surface area contributed by atoms with Crippen LogP contribution in [0.5, 0.6) is 5.75 Å². The van der Waals surface area contributed by atoms with Crippen LogP contribution in [-0.4, -0.2) is 16.9 Å². The molecule has 2 aromatic carbocycles. The minimum atomic E-state index is -0.473. The summed E-state index contributed by atoms with van der Waals surface area (Å²) in [7, 11) is 0. The van der Waals surface area contributed by atoms with Gasteiger partial charge in [0, 0.05) is 0 Å². The number of aromatic hydroxyl groups is 1. The molecule has 5 nitrogen and oxygen atoms in total. The quantitative estimate of drug-likeness (QED) is 0.559. The van der Waals surface area contributed by atoms with Crippen molar-refractivity contribution in [2.45, 2.75) is 0 Å². The normalized spacial score (nSPS) is 16.1. The van der Waals surface area contributed by atoms with E-state index < -0.39 is 11.8 Å². The number of benzene rings is 2. The average Bonchev–Trinajstić information content (AvgIpc) is 2.81. The zero-order valence-electron chi connectivity index (χ0n) is 11.6. The van der Waals surface area contributed by atoms with Crippen molar-refractivity contribution < 1.29 is 14.7 Å². The standard InChI is InChI=1S/C16H10Br2N2O3/c17-12-7-9(8-13(18)14(12)21)6-11-15(22)19-20(16(11)23)10-4-2-1-3-5-10/h1-8,21H,(H,19,22)/b11-6+. The van der Waals surface area contributed by atoms with Crippen molar-refractivity contribution in [2.75, 3.05) is 5.01 Å². The second kappa shape index (κ2) is 6.17. The molecule has 23 heavy (non-hydrogen) atoms. The number of rotatable bonds is 2. The molecule has 0 atom stereocenters. The zero-order chi connectivity index (χ0) is 16.6. The SMILES string of the molecule is O=C1NN(c2ccccc2)C(=O)/C1=C/c1cc(Br)c(O)c(Br)c1. The molecule has 2 N–H and O–H groups in total. The Kier molecular flexibility index (Phi) is 4.23. The molecule has 0 unspecified atom stereocenters. The van der Waals surface area contributed by atoms with Gasteiger partial charge in [-0.15, -0.1) is 0 Å². The van der Waals surface area contributed by atoms with Crippen molar-refractivity contribution in [1.29, 1.82) is 0 Å². The number of para-hydroxylation sites is 1. The fourth-order valence-electron chi connectivity index (χ4n) is 2.15. The molecule has 3 rings (SSSR count). The van der Waals surface area contributed by atoms with Gasteiger partial charge in [-0.05, 0) is 67.8 Å². The maximum atomic E-state index is 12.5. The second-order valence-electron chi connectivity index (χ2n) is 4.81. The fourth-order valence-corrected chi connectivity index (χ4v) is 3.37. The molecule has 1 saturated heterocycles. The van der Waals surface area contributed by atoms with Crippen molar-refractivity contribution >= 4 is 55.4 Å². The molecule has 1 aliphatic heterocycles. The van der Waals surface area contributed by atoms with Crippen LogP contribution in [0.15, 0.2) is 57.0 Å². The van der Waals surface area contributed by atoms with Gasteiger partial charge in [0.25, 0.3) is 11.8 Å². The van der Waals surface area contributed by atoms with Gasteiger partial charge in [-0.25, -0.2) is 5.01 Å². The molecule has 1 aliphatic rings. The number of halogens is 2. The first-order valence-corrected chi connectivity index (χ1v) is 8.16. The minimum absolute atomic E-state index is 0.0262. The molecular formula is C16H10Br2N2O3. The fraction of sp³-hybridized carbons (Fsp3) is 0. The first kappa shape index (κ1) is 15.8. The van der Waals surface area contributed by atoms with Crippen LogP contribution in [0.3, 0.4) is 0 Å². The van der Waals surface area contributed by atoms with Gasteiger partial charge in [-0.1, -0.05) is 18.2 Å². The lowest BCUT2D eigenvalue weighted by molar-refractivity contribution is -0.117. The van der Waals surface area contributed by atoms with Gasteiger partial charge in [0.2, 0.25) is 0 Å². The third kappa shape index (κ3) is 3.02. The van der Waals surface area contributed by atoms with Crippen LogP contribution in [0.1, 0.15) is 5.56 Å². The highest BCUT2D eigenvalue weighted by Crippen LogP contribution is 2.34. The van der Waals surface area contributed by atoms with E-state index in [2.05, 4.69) is 37.3 Å². The molecule has 0 aromatic heterocycles. The van der Waals surface area contributed by atoms with Crippen molar-refractivity contribution in [1.82, 2.24) is 5.43 Å². The number of phenols is 1. The second-order valence-corrected chi connectivity index (χ2v) is 6.52. The molecule has 0 spiro atoms. The maximum Gasteiger partial charge on any atom is 0.282 e. The Morgan fingerprint density at radius 3 is 2.26 bits per heavy atom. The highest BCUT2D eigenvalue weighted by atomic mass is 79.9. The van der Waals surface area contributed by atoms with Crippen molar-refractivity contribution in [3.63, 3.8) is 0 Å². The Morgan fingerprint density at radius 1 is 1.04 bits per heavy atom. The molecule has 2 aromatic rings. The summed E-state index contributed by atoms with van der Waals surface area (Å²) >= 11 is 6.44. The zero-order valence-corrected chi connectivity index (χ0v) is 14.8. The Morgan fingerprint density at radius 2 is 1.65 bits per heavy atom. The number of amides is 2. The molecule has 2 amide bonds. The molecular weight excluding hydrogens is 428 g/mol. The highest BCUT2D eigenvalue weighted by molar-refractivity contribution is 9.11. The van der Waals surface area contributed by atoms with E-state index in [1.165, 1.54) is 11.1 Å². The lowest BCUT2D eigenvalue weighted by Gasteiger charge is -2.13. The Labute approximate surface area is 148 Å². The largest absolute Gasteiger partial charge is 0.506 e. The van der Waals surface area contributed by atoms with Crippen LogP contribution in [0.2, 0.25) is 0 Å². The van der Waals surface area contributed by atoms with Crippen LogP contribution in [0, 0.1) is 0 Å². The first-order valence-electron chi connectivity index (χ1n) is 6.57. The van der Waals surface area contributed by atoms with Crippen LogP contribution in [-0.2, 0) is 9.59 Å². The molecule has 1 fully saturated rings. The predicted octanol–water partition coefficient (Wildman–Crippen LogP) is 3.38. The first-order chi connectivity index (χ1) is 11.0. The minimum Gasteiger partial charge on any atom is -0.506 e. The number of carbonyl (C=O) groups is 2. The van der Waals surface area contributed by atoms with E-state index >= 15 is 0 Å². The number of phenolic OH excluding ortho intramolecular Hbond substituents is 1. The number of hydrazine groups is 1. The van der Waals surface area contributed by atoms with E-state index in [0.717, 1.165) is 0 Å². The van der Waals surface area contributed by atoms with Crippen LogP contribution in [0.25, 0.3) is 6.08 Å². The summed E-state index contributed by atoms with van der Waals surface area (Å²) in [6.45, 7) is 0. The number of hydrogen-bond acceptors (Lipinski definition) is 3. The lowest BCUT2D eigenvalue weighted by Crippen LogP contribution is -2.35. The summed E-state index contributed by atoms with van der Waals surface area (Å²) < 4.78 is 0.925. The number of carbonyl (C=O) groups excluding carboxylic acids is 2. The van der Waals surface area contributed by atoms with Crippen LogP contribution >= 0.6 is 31.9 Å². The summed E-state index contributed by atoms with van der Waals surface area (Å²) in [5.41, 5.74) is 3.75. The Bertz CT molecular complexity index is 811. The third-order valence-corrected chi connectivity index (χ3v) is 4.47. The van der Waals surface area contributed by atoms with Crippen molar-refractivity contribution in [2.24, 2.45) is 0 Å². The Hall–Kier alpha value is -2.12. The number of nitrogens with zero attached hydrogens (tertiary/aromatic N) is 1. The van der Waals surface area contributed by atoms with E-state index in [0.29, 0.717) is 20.2 Å².